The zero-order chi connectivity index (χ0) is 20.8. The molecule has 0 bridgehead atoms. The third kappa shape index (κ3) is 4.62. The van der Waals surface area contributed by atoms with Crippen LogP contribution in [0.25, 0.3) is 0 Å². The van der Waals surface area contributed by atoms with Gasteiger partial charge in [-0.1, -0.05) is 0 Å². The first kappa shape index (κ1) is 20.5. The average Bonchev–Trinajstić information content (AvgIpc) is 3.26. The number of benzene rings is 2. The van der Waals surface area contributed by atoms with Gasteiger partial charge in [0.05, 0.1) is 32.9 Å². The summed E-state index contributed by atoms with van der Waals surface area (Å²) in [6.45, 7) is 0.578. The third-order valence-corrected chi connectivity index (χ3v) is 5.01. The number of amides is 1. The van der Waals surface area contributed by atoms with Crippen molar-refractivity contribution in [2.24, 2.45) is 0 Å². The van der Waals surface area contributed by atoms with Crippen LogP contribution in [0.2, 0.25) is 0 Å². The van der Waals surface area contributed by atoms with E-state index in [-0.39, 0.29) is 18.6 Å². The third-order valence-electron chi connectivity index (χ3n) is 5.01. The van der Waals surface area contributed by atoms with Crippen molar-refractivity contribution in [2.75, 3.05) is 34.5 Å². The Morgan fingerprint density at radius 3 is 2.38 bits per heavy atom. The maximum absolute atomic E-state index is 12.8. The van der Waals surface area contributed by atoms with Crippen molar-refractivity contribution < 1.29 is 28.5 Å². The normalized spacial score (nSPS) is 15.7. The number of ether oxygens (including phenoxy) is 4. The minimum atomic E-state index is -0.417. The van der Waals surface area contributed by atoms with Crippen molar-refractivity contribution in [2.45, 2.75) is 18.9 Å². The molecule has 7 nitrogen and oxygen atoms in total. The number of nitrogens with zero attached hydrogens (tertiary/aromatic N) is 1. The number of carbonyl (C=O) groups is 2. The molecule has 29 heavy (non-hydrogen) atoms. The molecule has 3 rings (SSSR count). The number of methoxy groups -OCH3 is 3. The van der Waals surface area contributed by atoms with Crippen molar-refractivity contribution in [1.29, 1.82) is 0 Å². The molecule has 1 saturated heterocycles. The van der Waals surface area contributed by atoms with Crippen LogP contribution in [0.5, 0.6) is 17.2 Å². The highest BCUT2D eigenvalue weighted by Crippen LogP contribution is 2.38. The summed E-state index contributed by atoms with van der Waals surface area (Å²) in [5, 5.41) is 0. The van der Waals surface area contributed by atoms with E-state index in [0.29, 0.717) is 17.9 Å². The smallest absolute Gasteiger partial charge is 0.337 e. The molecule has 1 atom stereocenters. The standard InChI is InChI=1S/C22H25NO6/c1-26-17-10-11-20(27-2)18(13-17)19-5-4-12-23(19)21(24)14-29-16-8-6-15(7-9-16)22(25)28-3/h6-11,13,19H,4-5,12,14H2,1-3H3. The Hall–Kier alpha value is -3.22. The van der Waals surface area contributed by atoms with E-state index in [1.54, 1.807) is 38.5 Å². The first-order valence-electron chi connectivity index (χ1n) is 9.40. The molecule has 1 unspecified atom stereocenters. The van der Waals surface area contributed by atoms with E-state index in [4.69, 9.17) is 14.2 Å². The lowest BCUT2D eigenvalue weighted by Crippen LogP contribution is -2.34. The molecule has 1 aliphatic heterocycles. The lowest BCUT2D eigenvalue weighted by atomic mass is 10.0. The second kappa shape index (κ2) is 9.32. The monoisotopic (exact) mass is 399 g/mol. The molecule has 0 spiro atoms. The highest BCUT2D eigenvalue weighted by atomic mass is 16.5. The molecule has 1 fully saturated rings. The Labute approximate surface area is 170 Å². The molecule has 1 amide bonds. The minimum Gasteiger partial charge on any atom is -0.497 e. The Morgan fingerprint density at radius 1 is 1.00 bits per heavy atom. The van der Waals surface area contributed by atoms with Gasteiger partial charge in [-0.15, -0.1) is 0 Å². The maximum Gasteiger partial charge on any atom is 0.337 e. The molecule has 154 valence electrons. The van der Waals surface area contributed by atoms with Crippen molar-refractivity contribution in [3.8, 4) is 17.2 Å². The zero-order valence-corrected chi connectivity index (χ0v) is 16.8. The van der Waals surface area contributed by atoms with E-state index >= 15 is 0 Å². The number of esters is 1. The highest BCUT2D eigenvalue weighted by molar-refractivity contribution is 5.89. The number of rotatable bonds is 7. The minimum absolute atomic E-state index is 0.0830. The second-order valence-electron chi connectivity index (χ2n) is 6.66. The fraction of sp³-hybridized carbons (Fsp3) is 0.364. The Morgan fingerprint density at radius 2 is 1.72 bits per heavy atom. The van der Waals surface area contributed by atoms with Crippen LogP contribution in [0.3, 0.4) is 0 Å². The number of carbonyl (C=O) groups excluding carboxylic acids is 2. The fourth-order valence-corrected chi connectivity index (χ4v) is 3.52. The molecule has 0 aliphatic carbocycles. The van der Waals surface area contributed by atoms with E-state index in [9.17, 15) is 9.59 Å². The molecule has 0 N–H and O–H groups in total. The summed E-state index contributed by atoms with van der Waals surface area (Å²) in [7, 11) is 4.56. The summed E-state index contributed by atoms with van der Waals surface area (Å²) < 4.78 is 21.1. The first-order chi connectivity index (χ1) is 14.1. The van der Waals surface area contributed by atoms with Crippen LogP contribution >= 0.6 is 0 Å². The lowest BCUT2D eigenvalue weighted by molar-refractivity contribution is -0.134. The largest absolute Gasteiger partial charge is 0.497 e. The van der Waals surface area contributed by atoms with Gasteiger partial charge in [0.1, 0.15) is 17.2 Å². The average molecular weight is 399 g/mol. The van der Waals surface area contributed by atoms with E-state index < -0.39 is 5.97 Å². The van der Waals surface area contributed by atoms with Gasteiger partial charge in [-0.3, -0.25) is 4.79 Å². The maximum atomic E-state index is 12.8. The van der Waals surface area contributed by atoms with Gasteiger partial charge in [0, 0.05) is 12.1 Å². The van der Waals surface area contributed by atoms with E-state index in [1.807, 2.05) is 23.1 Å². The predicted molar refractivity (Wildman–Crippen MR) is 107 cm³/mol. The molecule has 0 radical (unpaired) electrons. The summed E-state index contributed by atoms with van der Waals surface area (Å²) in [5.41, 5.74) is 1.36. The predicted octanol–water partition coefficient (Wildman–Crippen LogP) is 3.23. The lowest BCUT2D eigenvalue weighted by Gasteiger charge is -2.26. The molecular weight excluding hydrogens is 374 g/mol. The van der Waals surface area contributed by atoms with Crippen LogP contribution in [-0.4, -0.2) is 51.3 Å². The van der Waals surface area contributed by atoms with E-state index in [2.05, 4.69) is 4.74 Å². The molecular formula is C22H25NO6. The summed E-state index contributed by atoms with van der Waals surface area (Å²) >= 11 is 0. The molecule has 7 heteroatoms. The summed E-state index contributed by atoms with van der Waals surface area (Å²) in [4.78, 5) is 26.1. The molecule has 1 aliphatic rings. The summed E-state index contributed by atoms with van der Waals surface area (Å²) in [6, 6.07) is 12.0. The second-order valence-corrected chi connectivity index (χ2v) is 6.66. The summed E-state index contributed by atoms with van der Waals surface area (Å²) in [6.07, 6.45) is 1.76. The van der Waals surface area contributed by atoms with Crippen molar-refractivity contribution >= 4 is 11.9 Å². The van der Waals surface area contributed by atoms with Gasteiger partial charge in [0.2, 0.25) is 0 Å². The van der Waals surface area contributed by atoms with Gasteiger partial charge >= 0.3 is 5.97 Å². The van der Waals surface area contributed by atoms with Crippen LogP contribution in [0.1, 0.15) is 34.8 Å². The zero-order valence-electron chi connectivity index (χ0n) is 16.8. The van der Waals surface area contributed by atoms with Crippen molar-refractivity contribution in [3.63, 3.8) is 0 Å². The van der Waals surface area contributed by atoms with Gasteiger partial charge in [-0.25, -0.2) is 4.79 Å². The van der Waals surface area contributed by atoms with Crippen LogP contribution in [0.4, 0.5) is 0 Å². The summed E-state index contributed by atoms with van der Waals surface area (Å²) in [5.74, 6) is 1.45. The van der Waals surface area contributed by atoms with Crippen LogP contribution < -0.4 is 14.2 Å². The Kier molecular flexibility index (Phi) is 6.59. The molecule has 1 heterocycles. The van der Waals surface area contributed by atoms with Crippen LogP contribution in [0, 0.1) is 0 Å². The molecule has 0 saturated carbocycles. The van der Waals surface area contributed by atoms with Gasteiger partial charge in [-0.2, -0.15) is 0 Å². The first-order valence-corrected chi connectivity index (χ1v) is 9.40. The number of likely N-dealkylation sites (tertiary alicyclic amines) is 1. The van der Waals surface area contributed by atoms with Crippen molar-refractivity contribution in [1.82, 2.24) is 4.90 Å². The Bertz CT molecular complexity index is 864. The number of hydrogen-bond donors (Lipinski definition) is 0. The number of hydrogen-bond acceptors (Lipinski definition) is 6. The van der Waals surface area contributed by atoms with E-state index in [0.717, 1.165) is 29.9 Å². The molecule has 2 aromatic rings. The van der Waals surface area contributed by atoms with Crippen LogP contribution in [0.15, 0.2) is 42.5 Å². The van der Waals surface area contributed by atoms with E-state index in [1.165, 1.54) is 7.11 Å². The molecule has 0 aromatic heterocycles. The van der Waals surface area contributed by atoms with Crippen LogP contribution in [-0.2, 0) is 9.53 Å². The van der Waals surface area contributed by atoms with Crippen molar-refractivity contribution in [3.05, 3.63) is 53.6 Å². The van der Waals surface area contributed by atoms with Gasteiger partial charge in [0.25, 0.3) is 5.91 Å². The fourth-order valence-electron chi connectivity index (χ4n) is 3.52. The van der Waals surface area contributed by atoms with Gasteiger partial charge in [-0.05, 0) is 55.3 Å². The topological polar surface area (TPSA) is 74.3 Å². The highest BCUT2D eigenvalue weighted by Gasteiger charge is 2.32. The SMILES string of the molecule is COC(=O)c1ccc(OCC(=O)N2CCCC2c2cc(OC)ccc2OC)cc1. The Balaban J connectivity index is 1.68. The van der Waals surface area contributed by atoms with Gasteiger partial charge in [0.15, 0.2) is 6.61 Å². The van der Waals surface area contributed by atoms with Gasteiger partial charge < -0.3 is 23.8 Å². The quantitative estimate of drug-likeness (QED) is 0.666. The molecule has 2 aromatic carbocycles.